The highest BCUT2D eigenvalue weighted by Gasteiger charge is 2.45. The van der Waals surface area contributed by atoms with Crippen LogP contribution in [0.3, 0.4) is 0 Å². The third-order valence-electron chi connectivity index (χ3n) is 4.35. The lowest BCUT2D eigenvalue weighted by atomic mass is 9.69. The van der Waals surface area contributed by atoms with Crippen molar-refractivity contribution in [2.45, 2.75) is 31.8 Å². The van der Waals surface area contributed by atoms with Crippen molar-refractivity contribution in [2.24, 2.45) is 5.41 Å². The molecule has 6 heteroatoms. The Hall–Kier alpha value is -1.75. The molecular weight excluding hydrogens is 294 g/mol. The number of benzene rings is 1. The maximum atomic E-state index is 12.1. The van der Waals surface area contributed by atoms with E-state index < -0.39 is 17.5 Å². The average molecular weight is 310 g/mol. The normalized spacial score (nSPS) is 21.9. The lowest BCUT2D eigenvalue weighted by Crippen LogP contribution is -2.50. The number of carbonyl (C=O) groups is 2. The lowest BCUT2D eigenvalue weighted by Gasteiger charge is -2.37. The van der Waals surface area contributed by atoms with Crippen LogP contribution in [0, 0.1) is 5.41 Å². The minimum atomic E-state index is -0.837. The summed E-state index contributed by atoms with van der Waals surface area (Å²) in [7, 11) is 0. The summed E-state index contributed by atoms with van der Waals surface area (Å²) in [5.41, 5.74) is 0.115. The zero-order valence-corrected chi connectivity index (χ0v) is 12.2. The van der Waals surface area contributed by atoms with Crippen molar-refractivity contribution in [3.63, 3.8) is 0 Å². The molecule has 1 saturated carbocycles. The van der Waals surface area contributed by atoms with E-state index in [4.69, 9.17) is 16.3 Å². The van der Waals surface area contributed by atoms with Gasteiger partial charge in [-0.05, 0) is 36.6 Å². The summed E-state index contributed by atoms with van der Waals surface area (Å²) in [5, 5.41) is 12.6. The quantitative estimate of drug-likeness (QED) is 0.892. The van der Waals surface area contributed by atoms with Crippen LogP contribution in [0.15, 0.2) is 18.2 Å². The van der Waals surface area contributed by atoms with E-state index in [-0.39, 0.29) is 12.5 Å². The van der Waals surface area contributed by atoms with Crippen molar-refractivity contribution in [3.05, 3.63) is 28.8 Å². The standard InChI is InChI=1S/C15H16ClNO4/c16-10-2-3-11-9(6-10)7-12(21-11)13(18)17-8-15(14(19)20)4-1-5-15/h2-3,6,12H,1,4-5,7-8H2,(H,17,18)(H,19,20). The molecule has 1 unspecified atom stereocenters. The highest BCUT2D eigenvalue weighted by atomic mass is 35.5. The molecule has 0 spiro atoms. The zero-order chi connectivity index (χ0) is 15.0. The molecule has 1 heterocycles. The van der Waals surface area contributed by atoms with E-state index in [2.05, 4.69) is 5.32 Å². The average Bonchev–Trinajstić information content (AvgIpc) is 2.79. The third-order valence-corrected chi connectivity index (χ3v) is 4.59. The van der Waals surface area contributed by atoms with Crippen molar-refractivity contribution < 1.29 is 19.4 Å². The number of ether oxygens (including phenoxy) is 1. The Labute approximate surface area is 127 Å². The number of fused-ring (bicyclic) bond motifs is 1. The number of hydrogen-bond donors (Lipinski definition) is 2. The smallest absolute Gasteiger partial charge is 0.311 e. The molecule has 5 nitrogen and oxygen atoms in total. The number of carbonyl (C=O) groups excluding carboxylic acids is 1. The molecule has 0 aromatic heterocycles. The second-order valence-electron chi connectivity index (χ2n) is 5.72. The first kappa shape index (κ1) is 14.2. The molecule has 1 aromatic carbocycles. The van der Waals surface area contributed by atoms with Gasteiger partial charge in [0.15, 0.2) is 6.10 Å². The van der Waals surface area contributed by atoms with Gasteiger partial charge in [0.05, 0.1) is 5.41 Å². The molecule has 112 valence electrons. The summed E-state index contributed by atoms with van der Waals surface area (Å²) in [6.45, 7) is 0.165. The van der Waals surface area contributed by atoms with Crippen molar-refractivity contribution >= 4 is 23.5 Å². The number of hydrogen-bond acceptors (Lipinski definition) is 3. The molecule has 1 aliphatic heterocycles. The lowest BCUT2D eigenvalue weighted by molar-refractivity contribution is -0.154. The third kappa shape index (κ3) is 2.58. The van der Waals surface area contributed by atoms with E-state index in [1.807, 2.05) is 0 Å². The van der Waals surface area contributed by atoms with Gasteiger partial charge in [0.2, 0.25) is 0 Å². The summed E-state index contributed by atoms with van der Waals surface area (Å²) in [5.74, 6) is -0.442. The molecule has 1 atom stereocenters. The van der Waals surface area contributed by atoms with Crippen LogP contribution < -0.4 is 10.1 Å². The fraction of sp³-hybridized carbons (Fsp3) is 0.467. The van der Waals surface area contributed by atoms with Crippen LogP contribution in [-0.4, -0.2) is 29.6 Å². The number of carboxylic acids is 1. The molecule has 1 fully saturated rings. The number of aliphatic carboxylic acids is 1. The van der Waals surface area contributed by atoms with Gasteiger partial charge in [-0.1, -0.05) is 18.0 Å². The summed E-state index contributed by atoms with van der Waals surface area (Å²) in [6.07, 6.45) is 1.98. The molecule has 1 amide bonds. The maximum absolute atomic E-state index is 12.1. The number of nitrogens with one attached hydrogen (secondary N) is 1. The van der Waals surface area contributed by atoms with Gasteiger partial charge >= 0.3 is 5.97 Å². The Morgan fingerprint density at radius 1 is 1.43 bits per heavy atom. The first-order valence-electron chi connectivity index (χ1n) is 6.96. The predicted molar refractivity (Wildman–Crippen MR) is 76.5 cm³/mol. The Balaban J connectivity index is 1.59. The molecule has 1 aliphatic carbocycles. The number of halogens is 1. The van der Waals surface area contributed by atoms with Crippen LogP contribution in [0.5, 0.6) is 5.75 Å². The predicted octanol–water partition coefficient (Wildman–Crippen LogP) is 2.01. The SMILES string of the molecule is O=C(NCC1(C(=O)O)CCC1)C1Cc2cc(Cl)ccc2O1. The van der Waals surface area contributed by atoms with E-state index in [0.29, 0.717) is 30.0 Å². The fourth-order valence-electron chi connectivity index (χ4n) is 2.80. The minimum Gasteiger partial charge on any atom is -0.481 e. The molecule has 0 radical (unpaired) electrons. The van der Waals surface area contributed by atoms with Gasteiger partial charge < -0.3 is 15.2 Å². The van der Waals surface area contributed by atoms with Crippen molar-refractivity contribution in [1.29, 1.82) is 0 Å². The van der Waals surface area contributed by atoms with E-state index >= 15 is 0 Å². The number of carboxylic acid groups (broad SMARTS) is 1. The fourth-order valence-corrected chi connectivity index (χ4v) is 3.00. The van der Waals surface area contributed by atoms with Crippen LogP contribution in [-0.2, 0) is 16.0 Å². The molecule has 0 saturated heterocycles. The van der Waals surface area contributed by atoms with Crippen LogP contribution in [0.4, 0.5) is 0 Å². The van der Waals surface area contributed by atoms with E-state index in [0.717, 1.165) is 12.0 Å². The Kier molecular flexibility index (Phi) is 3.53. The summed E-state index contributed by atoms with van der Waals surface area (Å²) >= 11 is 5.91. The maximum Gasteiger partial charge on any atom is 0.311 e. The van der Waals surface area contributed by atoms with Crippen molar-refractivity contribution in [3.8, 4) is 5.75 Å². The summed E-state index contributed by atoms with van der Waals surface area (Å²) in [4.78, 5) is 23.4. The highest BCUT2D eigenvalue weighted by Crippen LogP contribution is 2.40. The Morgan fingerprint density at radius 2 is 2.19 bits per heavy atom. The van der Waals surface area contributed by atoms with Crippen molar-refractivity contribution in [2.75, 3.05) is 6.54 Å². The van der Waals surface area contributed by atoms with E-state index in [1.54, 1.807) is 18.2 Å². The largest absolute Gasteiger partial charge is 0.481 e. The first-order chi connectivity index (χ1) is 10.00. The van der Waals surface area contributed by atoms with Crippen molar-refractivity contribution in [1.82, 2.24) is 5.32 Å². The van der Waals surface area contributed by atoms with Gasteiger partial charge in [0.1, 0.15) is 5.75 Å². The van der Waals surface area contributed by atoms with E-state index in [9.17, 15) is 14.7 Å². The number of amides is 1. The Morgan fingerprint density at radius 3 is 2.81 bits per heavy atom. The van der Waals surface area contributed by atoms with Crippen LogP contribution in [0.25, 0.3) is 0 Å². The molecule has 2 aliphatic rings. The second kappa shape index (κ2) is 5.22. The van der Waals surface area contributed by atoms with Gasteiger partial charge in [0.25, 0.3) is 5.91 Å². The minimum absolute atomic E-state index is 0.165. The van der Waals surface area contributed by atoms with Gasteiger partial charge in [-0.25, -0.2) is 0 Å². The zero-order valence-electron chi connectivity index (χ0n) is 11.4. The summed E-state index contributed by atoms with van der Waals surface area (Å²) < 4.78 is 5.58. The Bertz CT molecular complexity index is 597. The van der Waals surface area contributed by atoms with Gasteiger partial charge in [0, 0.05) is 18.0 Å². The second-order valence-corrected chi connectivity index (χ2v) is 6.16. The molecule has 21 heavy (non-hydrogen) atoms. The highest BCUT2D eigenvalue weighted by molar-refractivity contribution is 6.30. The topological polar surface area (TPSA) is 75.6 Å². The molecular formula is C15H16ClNO4. The first-order valence-corrected chi connectivity index (χ1v) is 7.34. The van der Waals surface area contributed by atoms with E-state index in [1.165, 1.54) is 0 Å². The van der Waals surface area contributed by atoms with Crippen LogP contribution >= 0.6 is 11.6 Å². The van der Waals surface area contributed by atoms with Gasteiger partial charge in [-0.2, -0.15) is 0 Å². The van der Waals surface area contributed by atoms with Crippen LogP contribution in [0.2, 0.25) is 5.02 Å². The molecule has 1 aromatic rings. The van der Waals surface area contributed by atoms with Crippen LogP contribution in [0.1, 0.15) is 24.8 Å². The molecule has 2 N–H and O–H groups in total. The van der Waals surface area contributed by atoms with Gasteiger partial charge in [-0.3, -0.25) is 9.59 Å². The molecule has 3 rings (SSSR count). The number of rotatable bonds is 4. The monoisotopic (exact) mass is 309 g/mol. The van der Waals surface area contributed by atoms with Gasteiger partial charge in [-0.15, -0.1) is 0 Å². The molecule has 0 bridgehead atoms. The summed E-state index contributed by atoms with van der Waals surface area (Å²) in [6, 6.07) is 5.25.